The average molecular weight is 263 g/mol. The van der Waals surface area contributed by atoms with Crippen molar-refractivity contribution in [2.24, 2.45) is 0 Å². The highest BCUT2D eigenvalue weighted by atomic mass is 14.3. The number of hydrogen-bond acceptors (Lipinski definition) is 1. The van der Waals surface area contributed by atoms with E-state index in [9.17, 15) is 5.26 Å². The summed E-state index contributed by atoms with van der Waals surface area (Å²) in [6.45, 7) is 2.22. The highest BCUT2D eigenvalue weighted by Gasteiger charge is 2.09. The molecule has 2 aromatic carbocycles. The lowest BCUT2D eigenvalue weighted by atomic mass is 9.92. The Kier molecular flexibility index (Phi) is 5.38. The van der Waals surface area contributed by atoms with Gasteiger partial charge < -0.3 is 0 Å². The molecule has 0 fully saturated rings. The van der Waals surface area contributed by atoms with Crippen LogP contribution in [0.15, 0.2) is 48.5 Å². The molecule has 0 heterocycles. The van der Waals surface area contributed by atoms with E-state index in [1.54, 1.807) is 0 Å². The summed E-state index contributed by atoms with van der Waals surface area (Å²) in [7, 11) is 0. The molecule has 20 heavy (non-hydrogen) atoms. The Bertz CT molecular complexity index is 578. The molecule has 0 aromatic heterocycles. The minimum absolute atomic E-state index is 0.822. The van der Waals surface area contributed by atoms with Crippen molar-refractivity contribution in [3.63, 3.8) is 0 Å². The topological polar surface area (TPSA) is 23.8 Å². The number of hydrogen-bond donors (Lipinski definition) is 0. The fourth-order valence-corrected chi connectivity index (χ4v) is 2.58. The molecule has 0 saturated carbocycles. The van der Waals surface area contributed by atoms with Crippen molar-refractivity contribution in [1.29, 1.82) is 5.26 Å². The van der Waals surface area contributed by atoms with Crippen LogP contribution < -0.4 is 0 Å². The number of benzene rings is 2. The highest BCUT2D eigenvalue weighted by Crippen LogP contribution is 2.27. The van der Waals surface area contributed by atoms with Crippen LogP contribution in [0, 0.1) is 11.3 Å². The summed E-state index contributed by atoms with van der Waals surface area (Å²) in [5, 5.41) is 9.34. The van der Waals surface area contributed by atoms with Crippen LogP contribution in [-0.2, 0) is 6.42 Å². The summed E-state index contributed by atoms with van der Waals surface area (Å²) in [6, 6.07) is 18.8. The number of nitrogens with zero attached hydrogens (tertiary/aromatic N) is 1. The van der Waals surface area contributed by atoms with Crippen molar-refractivity contribution >= 4 is 0 Å². The third-order valence-electron chi connectivity index (χ3n) is 3.66. The third-order valence-corrected chi connectivity index (χ3v) is 3.66. The van der Waals surface area contributed by atoms with E-state index < -0.39 is 0 Å². The minimum atomic E-state index is 0.822. The Balaban J connectivity index is 2.30. The first kappa shape index (κ1) is 14.3. The molecule has 1 heteroatoms. The van der Waals surface area contributed by atoms with Gasteiger partial charge in [0.25, 0.3) is 0 Å². The molecule has 0 atom stereocenters. The fraction of sp³-hybridized carbons (Fsp3) is 0.316. The summed E-state index contributed by atoms with van der Waals surface area (Å²) >= 11 is 0. The molecule has 0 unspecified atom stereocenters. The van der Waals surface area contributed by atoms with Crippen LogP contribution >= 0.6 is 0 Å². The van der Waals surface area contributed by atoms with Crippen molar-refractivity contribution in [3.05, 3.63) is 59.7 Å². The molecule has 2 aromatic rings. The van der Waals surface area contributed by atoms with Crippen molar-refractivity contribution < 1.29 is 0 Å². The average Bonchev–Trinajstić information content (AvgIpc) is 2.52. The second-order valence-corrected chi connectivity index (χ2v) is 5.12. The van der Waals surface area contributed by atoms with Crippen LogP contribution in [0.3, 0.4) is 0 Å². The molecule has 102 valence electrons. The largest absolute Gasteiger partial charge is 0.192 e. The van der Waals surface area contributed by atoms with E-state index in [0.717, 1.165) is 18.4 Å². The van der Waals surface area contributed by atoms with Gasteiger partial charge in [0.05, 0.1) is 11.6 Å². The summed E-state index contributed by atoms with van der Waals surface area (Å²) in [5.41, 5.74) is 4.44. The van der Waals surface area contributed by atoms with Crippen molar-refractivity contribution in [2.45, 2.75) is 39.0 Å². The molecule has 0 saturated heterocycles. The zero-order chi connectivity index (χ0) is 14.2. The molecule has 0 amide bonds. The second-order valence-electron chi connectivity index (χ2n) is 5.12. The monoisotopic (exact) mass is 263 g/mol. The Morgan fingerprint density at radius 3 is 2.40 bits per heavy atom. The standard InChI is InChI=1S/C19H21N/c1-2-3-4-8-13-19-17(15-20)12-9-14-18(19)16-10-6-5-7-11-16/h5-7,9-12,14H,2-4,8,13H2,1H3. The van der Waals surface area contributed by atoms with Crippen LogP contribution in [0.1, 0.15) is 43.7 Å². The molecule has 1 nitrogen and oxygen atoms in total. The first-order valence-corrected chi connectivity index (χ1v) is 7.44. The van der Waals surface area contributed by atoms with E-state index in [-0.39, 0.29) is 0 Å². The lowest BCUT2D eigenvalue weighted by Crippen LogP contribution is -1.95. The predicted molar refractivity (Wildman–Crippen MR) is 84.4 cm³/mol. The van der Waals surface area contributed by atoms with E-state index >= 15 is 0 Å². The van der Waals surface area contributed by atoms with Crippen LogP contribution in [0.4, 0.5) is 0 Å². The van der Waals surface area contributed by atoms with Gasteiger partial charge in [0, 0.05) is 0 Å². The predicted octanol–water partition coefficient (Wildman–Crippen LogP) is 5.35. The van der Waals surface area contributed by atoms with E-state index in [0.29, 0.717) is 0 Å². The first-order valence-electron chi connectivity index (χ1n) is 7.44. The molecule has 0 N–H and O–H groups in total. The van der Waals surface area contributed by atoms with Crippen LogP contribution in [0.25, 0.3) is 11.1 Å². The van der Waals surface area contributed by atoms with E-state index in [1.165, 1.54) is 36.0 Å². The number of unbranched alkanes of at least 4 members (excludes halogenated alkanes) is 3. The van der Waals surface area contributed by atoms with Gasteiger partial charge in [0.2, 0.25) is 0 Å². The van der Waals surface area contributed by atoms with Gasteiger partial charge in [0.1, 0.15) is 0 Å². The molecule has 0 aliphatic rings. The van der Waals surface area contributed by atoms with Gasteiger partial charge in [-0.3, -0.25) is 0 Å². The Labute approximate surface area is 121 Å². The lowest BCUT2D eigenvalue weighted by molar-refractivity contribution is 0.667. The minimum Gasteiger partial charge on any atom is -0.192 e. The number of rotatable bonds is 6. The molecule has 2 rings (SSSR count). The Hall–Kier alpha value is -2.07. The molecule has 0 spiro atoms. The van der Waals surface area contributed by atoms with E-state index in [4.69, 9.17) is 0 Å². The maximum atomic E-state index is 9.34. The maximum absolute atomic E-state index is 9.34. The zero-order valence-corrected chi connectivity index (χ0v) is 12.1. The zero-order valence-electron chi connectivity index (χ0n) is 12.1. The summed E-state index contributed by atoms with van der Waals surface area (Å²) < 4.78 is 0. The van der Waals surface area contributed by atoms with Crippen molar-refractivity contribution in [2.75, 3.05) is 0 Å². The van der Waals surface area contributed by atoms with Gasteiger partial charge in [-0.2, -0.15) is 5.26 Å². The SMILES string of the molecule is CCCCCCc1c(C#N)cccc1-c1ccccc1. The number of nitriles is 1. The normalized spacial score (nSPS) is 10.2. The van der Waals surface area contributed by atoms with Crippen molar-refractivity contribution in [3.8, 4) is 17.2 Å². The molecule has 0 radical (unpaired) electrons. The third kappa shape index (κ3) is 3.48. The maximum Gasteiger partial charge on any atom is 0.0994 e. The summed E-state index contributed by atoms with van der Waals surface area (Å²) in [4.78, 5) is 0. The van der Waals surface area contributed by atoms with E-state index in [1.807, 2.05) is 18.2 Å². The molecule has 0 aliphatic heterocycles. The van der Waals surface area contributed by atoms with Gasteiger partial charge in [-0.15, -0.1) is 0 Å². The van der Waals surface area contributed by atoms with Crippen LogP contribution in [0.5, 0.6) is 0 Å². The van der Waals surface area contributed by atoms with Gasteiger partial charge in [0.15, 0.2) is 0 Å². The molecule has 0 aliphatic carbocycles. The van der Waals surface area contributed by atoms with Gasteiger partial charge >= 0.3 is 0 Å². The van der Waals surface area contributed by atoms with Gasteiger partial charge in [-0.05, 0) is 35.6 Å². The van der Waals surface area contributed by atoms with Crippen molar-refractivity contribution in [1.82, 2.24) is 0 Å². The Morgan fingerprint density at radius 2 is 1.70 bits per heavy atom. The van der Waals surface area contributed by atoms with E-state index in [2.05, 4.69) is 43.3 Å². The fourth-order valence-electron chi connectivity index (χ4n) is 2.58. The van der Waals surface area contributed by atoms with Gasteiger partial charge in [-0.25, -0.2) is 0 Å². The summed E-state index contributed by atoms with van der Waals surface area (Å²) in [5.74, 6) is 0. The summed E-state index contributed by atoms with van der Waals surface area (Å²) in [6.07, 6.45) is 5.91. The second kappa shape index (κ2) is 7.50. The molecule has 0 bridgehead atoms. The Morgan fingerprint density at radius 1 is 0.900 bits per heavy atom. The highest BCUT2D eigenvalue weighted by molar-refractivity contribution is 5.70. The lowest BCUT2D eigenvalue weighted by Gasteiger charge is -2.11. The molecular weight excluding hydrogens is 242 g/mol. The first-order chi connectivity index (χ1) is 9.86. The quantitative estimate of drug-likeness (QED) is 0.645. The van der Waals surface area contributed by atoms with Crippen LogP contribution in [0.2, 0.25) is 0 Å². The van der Waals surface area contributed by atoms with Crippen LogP contribution in [-0.4, -0.2) is 0 Å². The smallest absolute Gasteiger partial charge is 0.0994 e. The van der Waals surface area contributed by atoms with Gasteiger partial charge in [-0.1, -0.05) is 68.7 Å². The molecular formula is C19H21N.